The second kappa shape index (κ2) is 12.8. The average Bonchev–Trinajstić information content (AvgIpc) is 2.70. The van der Waals surface area contributed by atoms with Gasteiger partial charge in [-0.05, 0) is 48.1 Å². The molecule has 32 heavy (non-hydrogen) atoms. The van der Waals surface area contributed by atoms with Crippen molar-refractivity contribution in [3.8, 4) is 5.75 Å². The summed E-state index contributed by atoms with van der Waals surface area (Å²) in [7, 11) is 5.73. The Hall–Kier alpha value is -2.13. The Kier molecular flexibility index (Phi) is 11.2. The molecule has 0 saturated carbocycles. The molecule has 1 atom stereocenters. The van der Waals surface area contributed by atoms with E-state index in [-0.39, 0.29) is 49.2 Å². The molecule has 0 N–H and O–H groups in total. The number of rotatable bonds is 9. The highest BCUT2D eigenvalue weighted by atomic mass is 127. The highest BCUT2D eigenvalue weighted by Gasteiger charge is 2.17. The van der Waals surface area contributed by atoms with Gasteiger partial charge in [0.05, 0.1) is 27.1 Å². The van der Waals surface area contributed by atoms with Gasteiger partial charge in [0.25, 0.3) is 0 Å². The van der Waals surface area contributed by atoms with Crippen LogP contribution in [0.2, 0.25) is 0 Å². The first-order chi connectivity index (χ1) is 14.5. The van der Waals surface area contributed by atoms with Crippen molar-refractivity contribution in [3.63, 3.8) is 0 Å². The lowest BCUT2D eigenvalue weighted by Gasteiger charge is -2.22. The molecule has 7 heteroatoms. The first-order valence-corrected chi connectivity index (χ1v) is 10.5. The van der Waals surface area contributed by atoms with Crippen LogP contribution in [0.5, 0.6) is 5.75 Å². The zero-order chi connectivity index (χ0) is 23.0. The molecule has 0 bridgehead atoms. The maximum absolute atomic E-state index is 12.4. The van der Waals surface area contributed by atoms with Crippen molar-refractivity contribution in [1.29, 1.82) is 0 Å². The topological polar surface area (TPSA) is 61.8 Å². The highest BCUT2D eigenvalue weighted by molar-refractivity contribution is 5.77. The highest BCUT2D eigenvalue weighted by Crippen LogP contribution is 2.20. The number of hydrogen-bond acceptors (Lipinski definition) is 5. The van der Waals surface area contributed by atoms with E-state index in [1.807, 2.05) is 40.2 Å². The van der Waals surface area contributed by atoms with Gasteiger partial charge in [0, 0.05) is 0 Å². The van der Waals surface area contributed by atoms with E-state index in [2.05, 4.69) is 26.0 Å². The van der Waals surface area contributed by atoms with Crippen molar-refractivity contribution in [2.24, 2.45) is 5.92 Å². The van der Waals surface area contributed by atoms with Gasteiger partial charge in [-0.25, -0.2) is 4.79 Å². The minimum absolute atomic E-state index is 0. The smallest absolute Gasteiger partial charge is 0.518 e. The van der Waals surface area contributed by atoms with E-state index in [0.717, 1.165) is 17.5 Å². The second-order valence-electron chi connectivity index (χ2n) is 9.23. The standard InChI is InChI=1S/C25H34NO5.HI/c1-18(2)15-20-7-11-22(12-8-20)19(3)24(27)29-16-21-9-13-23(14-10-21)31-25(28)30-17-26(4,5)6;/h7-14,18-19H,15-17H2,1-6H3;1H/q+1;/p-1. The van der Waals surface area contributed by atoms with Crippen LogP contribution in [0, 0.1) is 5.92 Å². The molecular weight excluding hydrogens is 521 g/mol. The Labute approximate surface area is 208 Å². The van der Waals surface area contributed by atoms with Gasteiger partial charge in [0.1, 0.15) is 12.4 Å². The number of carbonyl (C=O) groups is 2. The quantitative estimate of drug-likeness (QED) is 0.156. The summed E-state index contributed by atoms with van der Waals surface area (Å²) in [5.41, 5.74) is 3.01. The number of esters is 1. The van der Waals surface area contributed by atoms with Crippen LogP contribution in [-0.4, -0.2) is 44.5 Å². The first-order valence-electron chi connectivity index (χ1n) is 10.5. The van der Waals surface area contributed by atoms with Crippen LogP contribution in [0.15, 0.2) is 48.5 Å². The van der Waals surface area contributed by atoms with Gasteiger partial charge < -0.3 is 38.2 Å². The van der Waals surface area contributed by atoms with E-state index in [1.165, 1.54) is 5.56 Å². The van der Waals surface area contributed by atoms with E-state index in [4.69, 9.17) is 14.2 Å². The van der Waals surface area contributed by atoms with Gasteiger partial charge in [-0.2, -0.15) is 0 Å². The summed E-state index contributed by atoms with van der Waals surface area (Å²) in [4.78, 5) is 24.2. The third kappa shape index (κ3) is 9.99. The molecule has 0 spiro atoms. The third-order valence-corrected chi connectivity index (χ3v) is 4.55. The van der Waals surface area contributed by atoms with Crippen molar-refractivity contribution in [1.82, 2.24) is 0 Å². The minimum Gasteiger partial charge on any atom is -1.00 e. The van der Waals surface area contributed by atoms with E-state index in [1.54, 1.807) is 24.3 Å². The van der Waals surface area contributed by atoms with Crippen LogP contribution in [0.4, 0.5) is 4.79 Å². The lowest BCUT2D eigenvalue weighted by atomic mass is 9.97. The molecule has 0 fully saturated rings. The van der Waals surface area contributed by atoms with Gasteiger partial charge in [-0.3, -0.25) is 9.28 Å². The Balaban J connectivity index is 0.00000512. The molecule has 0 aliphatic rings. The molecule has 0 heterocycles. The largest absolute Gasteiger partial charge is 1.00 e. The molecule has 176 valence electrons. The van der Waals surface area contributed by atoms with E-state index < -0.39 is 6.16 Å². The maximum atomic E-state index is 12.4. The summed E-state index contributed by atoms with van der Waals surface area (Å²) in [5.74, 6) is 0.349. The molecule has 0 aliphatic carbocycles. The second-order valence-corrected chi connectivity index (χ2v) is 9.23. The zero-order valence-electron chi connectivity index (χ0n) is 19.8. The Morgan fingerprint density at radius 1 is 0.844 bits per heavy atom. The van der Waals surface area contributed by atoms with Gasteiger partial charge in [-0.1, -0.05) is 50.2 Å². The van der Waals surface area contributed by atoms with Crippen molar-refractivity contribution >= 4 is 12.1 Å². The van der Waals surface area contributed by atoms with Gasteiger partial charge >= 0.3 is 12.1 Å². The normalized spacial score (nSPS) is 12.0. The van der Waals surface area contributed by atoms with Crippen LogP contribution in [-0.2, 0) is 27.3 Å². The van der Waals surface area contributed by atoms with Crippen molar-refractivity contribution < 1.29 is 52.3 Å². The SMILES string of the molecule is CC(C)Cc1ccc(C(C)C(=O)OCc2ccc(OC(=O)OC[N+](C)(C)C)cc2)cc1.[I-]. The number of nitrogens with zero attached hydrogens (tertiary/aromatic N) is 1. The Bertz CT molecular complexity index is 857. The van der Waals surface area contributed by atoms with Crippen molar-refractivity contribution in [2.75, 3.05) is 27.9 Å². The summed E-state index contributed by atoms with van der Waals surface area (Å²) in [5, 5.41) is 0. The number of hydrogen-bond donors (Lipinski definition) is 0. The molecule has 6 nitrogen and oxygen atoms in total. The summed E-state index contributed by atoms with van der Waals surface area (Å²) < 4.78 is 16.1. The summed E-state index contributed by atoms with van der Waals surface area (Å²) in [6, 6.07) is 14.9. The molecule has 0 radical (unpaired) electrons. The molecule has 2 rings (SSSR count). The molecular formula is C25H34INO5. The van der Waals surface area contributed by atoms with E-state index >= 15 is 0 Å². The monoisotopic (exact) mass is 555 g/mol. The van der Waals surface area contributed by atoms with E-state index in [0.29, 0.717) is 16.2 Å². The van der Waals surface area contributed by atoms with Gasteiger partial charge in [-0.15, -0.1) is 0 Å². The van der Waals surface area contributed by atoms with Gasteiger partial charge in [0.2, 0.25) is 6.73 Å². The lowest BCUT2D eigenvalue weighted by Crippen LogP contribution is -3.00. The number of ether oxygens (including phenoxy) is 3. The maximum Gasteiger partial charge on any atom is 0.518 e. The first kappa shape index (κ1) is 27.9. The molecule has 0 saturated heterocycles. The number of quaternary nitrogens is 1. The van der Waals surface area contributed by atoms with Gasteiger partial charge in [0.15, 0.2) is 0 Å². The predicted octanol–water partition coefficient (Wildman–Crippen LogP) is 1.92. The van der Waals surface area contributed by atoms with Crippen LogP contribution in [0.3, 0.4) is 0 Å². The number of halogens is 1. The summed E-state index contributed by atoms with van der Waals surface area (Å²) in [6.07, 6.45) is 0.271. The van der Waals surface area contributed by atoms with Crippen LogP contribution in [0.25, 0.3) is 0 Å². The molecule has 1 unspecified atom stereocenters. The molecule has 2 aromatic carbocycles. The Morgan fingerprint density at radius 3 is 1.94 bits per heavy atom. The molecule has 0 aliphatic heterocycles. The molecule has 0 amide bonds. The molecule has 0 aromatic heterocycles. The lowest BCUT2D eigenvalue weighted by molar-refractivity contribution is -0.888. The van der Waals surface area contributed by atoms with Crippen molar-refractivity contribution in [3.05, 3.63) is 65.2 Å². The fraction of sp³-hybridized carbons (Fsp3) is 0.440. The Morgan fingerprint density at radius 2 is 1.41 bits per heavy atom. The average molecular weight is 555 g/mol. The van der Waals surface area contributed by atoms with Crippen molar-refractivity contribution in [2.45, 2.75) is 39.7 Å². The van der Waals surface area contributed by atoms with Crippen LogP contribution in [0.1, 0.15) is 43.4 Å². The summed E-state index contributed by atoms with van der Waals surface area (Å²) >= 11 is 0. The predicted molar refractivity (Wildman–Crippen MR) is 120 cm³/mol. The summed E-state index contributed by atoms with van der Waals surface area (Å²) in [6.45, 7) is 6.58. The fourth-order valence-electron chi connectivity index (χ4n) is 2.86. The number of carbonyl (C=O) groups excluding carboxylic acids is 2. The number of benzene rings is 2. The molecule has 2 aromatic rings. The third-order valence-electron chi connectivity index (χ3n) is 4.55. The zero-order valence-corrected chi connectivity index (χ0v) is 21.9. The van der Waals surface area contributed by atoms with Crippen LogP contribution >= 0.6 is 0 Å². The van der Waals surface area contributed by atoms with E-state index in [9.17, 15) is 9.59 Å². The fourth-order valence-corrected chi connectivity index (χ4v) is 2.86. The minimum atomic E-state index is -0.750. The van der Waals surface area contributed by atoms with Crippen LogP contribution < -0.4 is 28.7 Å².